The van der Waals surface area contributed by atoms with E-state index in [2.05, 4.69) is 49.6 Å². The predicted octanol–water partition coefficient (Wildman–Crippen LogP) is 7.28. The van der Waals surface area contributed by atoms with Crippen LogP contribution in [0.25, 0.3) is 22.0 Å². The van der Waals surface area contributed by atoms with E-state index in [-0.39, 0.29) is 36.0 Å². The quantitative estimate of drug-likeness (QED) is 0.0812. The first-order valence-electron chi connectivity index (χ1n) is 25.2. The summed E-state index contributed by atoms with van der Waals surface area (Å²) in [5, 5.41) is 29.0. The number of likely N-dealkylation sites (tertiary alicyclic amines) is 4. The molecule has 0 bridgehead atoms. The van der Waals surface area contributed by atoms with Gasteiger partial charge in [-0.2, -0.15) is 0 Å². The fourth-order valence-electron chi connectivity index (χ4n) is 10.5. The summed E-state index contributed by atoms with van der Waals surface area (Å²) >= 11 is 0. The van der Waals surface area contributed by atoms with Gasteiger partial charge in [-0.05, 0) is 111 Å². The highest BCUT2D eigenvalue weighted by Gasteiger charge is 2.40. The monoisotopic (exact) mass is 970 g/mol. The highest BCUT2D eigenvalue weighted by molar-refractivity contribution is 5.90. The average Bonchev–Trinajstić information content (AvgIpc) is 4.25. The number of fused-ring (bicyclic) bond motifs is 1. The zero-order valence-corrected chi connectivity index (χ0v) is 40.8. The fourth-order valence-corrected chi connectivity index (χ4v) is 10.5. The minimum Gasteiger partial charge on any atom is -0.390 e. The Morgan fingerprint density at radius 3 is 1.64 bits per heavy atom. The van der Waals surface area contributed by atoms with Crippen LogP contribution in [-0.2, 0) is 9.59 Å². The van der Waals surface area contributed by atoms with E-state index in [0.29, 0.717) is 93.4 Å². The second-order valence-corrected chi connectivity index (χ2v) is 20.3. The summed E-state index contributed by atoms with van der Waals surface area (Å²) in [5.74, 6) is 7.45. The summed E-state index contributed by atoms with van der Waals surface area (Å²) in [6, 6.07) is 27.9. The number of rotatable bonds is 9. The van der Waals surface area contributed by atoms with Crippen LogP contribution in [0.3, 0.4) is 0 Å². The number of aromatic nitrogens is 4. The average molecular weight is 971 g/mol. The molecule has 0 radical (unpaired) electrons. The smallest absolute Gasteiger partial charge is 0.318 e. The molecule has 10 rings (SSSR count). The Morgan fingerprint density at radius 1 is 0.611 bits per heavy atom. The van der Waals surface area contributed by atoms with Crippen molar-refractivity contribution in [1.82, 2.24) is 50.2 Å². The zero-order valence-electron chi connectivity index (χ0n) is 40.8. The number of benzene rings is 4. The first-order chi connectivity index (χ1) is 34.8. The van der Waals surface area contributed by atoms with Crippen LogP contribution in [0.5, 0.6) is 0 Å². The summed E-state index contributed by atoms with van der Waals surface area (Å²) in [4.78, 5) is 79.1. The third-order valence-corrected chi connectivity index (χ3v) is 14.9. The molecule has 6 aromatic rings. The predicted molar refractivity (Wildman–Crippen MR) is 272 cm³/mol. The molecule has 16 nitrogen and oxygen atoms in total. The Balaban J connectivity index is 0.795. The number of nitrogens with zero attached hydrogens (tertiary/aromatic N) is 6. The summed E-state index contributed by atoms with van der Waals surface area (Å²) in [5.41, 5.74) is 3.02. The third-order valence-electron chi connectivity index (χ3n) is 14.9. The maximum Gasteiger partial charge on any atom is 0.318 e. The number of amides is 6. The minimum atomic E-state index is -0.884. The summed E-state index contributed by atoms with van der Waals surface area (Å²) < 4.78 is 0. The van der Waals surface area contributed by atoms with Gasteiger partial charge in [0.25, 0.3) is 0 Å². The maximum atomic E-state index is 14.4. The lowest BCUT2D eigenvalue weighted by molar-refractivity contribution is -0.135. The zero-order chi connectivity index (χ0) is 50.0. The molecule has 0 aliphatic carbocycles. The van der Waals surface area contributed by atoms with Crippen molar-refractivity contribution in [3.63, 3.8) is 0 Å². The number of H-pyrrole nitrogens is 2. The van der Waals surface area contributed by atoms with Crippen molar-refractivity contribution in [2.24, 2.45) is 0 Å². The molecule has 0 unspecified atom stereocenters. The molecule has 4 atom stereocenters. The number of hydrogen-bond donors (Lipinski definition) is 6. The number of nitrogens with one attached hydrogen (secondary N) is 4. The molecule has 0 saturated carbocycles. The van der Waals surface area contributed by atoms with Gasteiger partial charge in [-0.1, -0.05) is 84.8 Å². The van der Waals surface area contributed by atoms with Crippen LogP contribution in [0, 0.1) is 11.8 Å². The lowest BCUT2D eigenvalue weighted by atomic mass is 9.94. The van der Waals surface area contributed by atoms with E-state index in [1.54, 1.807) is 34.7 Å². The number of imidazole rings is 2. The molecule has 72 heavy (non-hydrogen) atoms. The number of hydrogen-bond acceptors (Lipinski definition) is 8. The second kappa shape index (κ2) is 20.3. The van der Waals surface area contributed by atoms with Crippen LogP contribution in [0.1, 0.15) is 123 Å². The third kappa shape index (κ3) is 10.6. The molecule has 372 valence electrons. The first-order valence-corrected chi connectivity index (χ1v) is 25.2. The number of carbonyl (C=O) groups excluding carboxylic acids is 4. The lowest BCUT2D eigenvalue weighted by Gasteiger charge is -2.37. The van der Waals surface area contributed by atoms with Crippen molar-refractivity contribution in [3.8, 4) is 23.1 Å². The van der Waals surface area contributed by atoms with E-state index in [4.69, 9.17) is 4.98 Å². The number of aromatic amines is 2. The van der Waals surface area contributed by atoms with Crippen molar-refractivity contribution in [1.29, 1.82) is 0 Å². The van der Waals surface area contributed by atoms with Crippen molar-refractivity contribution < 1.29 is 29.4 Å². The van der Waals surface area contributed by atoms with E-state index in [1.165, 1.54) is 0 Å². The van der Waals surface area contributed by atoms with Gasteiger partial charge in [-0.25, -0.2) is 19.6 Å². The Bertz CT molecular complexity index is 2990. The molecule has 4 aliphatic heterocycles. The molecule has 6 N–H and O–H groups in total. The largest absolute Gasteiger partial charge is 0.390 e. The summed E-state index contributed by atoms with van der Waals surface area (Å²) in [6.45, 7) is 6.29. The number of piperidine rings is 2. The van der Waals surface area contributed by atoms with Crippen LogP contribution in [0.2, 0.25) is 0 Å². The highest BCUT2D eigenvalue weighted by Crippen LogP contribution is 2.36. The normalized spacial score (nSPS) is 20.4. The van der Waals surface area contributed by atoms with Crippen molar-refractivity contribution in [2.45, 2.75) is 101 Å². The second-order valence-electron chi connectivity index (χ2n) is 20.3. The van der Waals surface area contributed by atoms with E-state index >= 15 is 0 Å². The first kappa shape index (κ1) is 48.2. The van der Waals surface area contributed by atoms with Gasteiger partial charge in [-0.15, -0.1) is 0 Å². The molecule has 4 fully saturated rings. The van der Waals surface area contributed by atoms with Gasteiger partial charge in [0.1, 0.15) is 29.4 Å². The molecule has 4 aliphatic rings. The molecule has 16 heteroatoms. The summed E-state index contributed by atoms with van der Waals surface area (Å²) in [6.07, 6.45) is 8.45. The van der Waals surface area contributed by atoms with Gasteiger partial charge < -0.3 is 50.4 Å². The molecule has 4 saturated heterocycles. The molecular weight excluding hydrogens is 909 g/mol. The van der Waals surface area contributed by atoms with Gasteiger partial charge in [0.15, 0.2) is 0 Å². The molecule has 2 aromatic heterocycles. The van der Waals surface area contributed by atoms with Crippen LogP contribution < -0.4 is 10.6 Å². The van der Waals surface area contributed by atoms with Gasteiger partial charge in [0.05, 0.1) is 41.4 Å². The molecule has 6 amide bonds. The Morgan fingerprint density at radius 2 is 1.10 bits per heavy atom. The molecular formula is C56H62N10O6. The van der Waals surface area contributed by atoms with Gasteiger partial charge in [-0.3, -0.25) is 9.59 Å². The molecule has 0 spiro atoms. The van der Waals surface area contributed by atoms with Crippen LogP contribution in [0.15, 0.2) is 109 Å². The molecule has 4 aromatic carbocycles. The van der Waals surface area contributed by atoms with E-state index < -0.39 is 23.3 Å². The number of aliphatic hydroxyl groups is 2. The van der Waals surface area contributed by atoms with E-state index in [0.717, 1.165) is 53.3 Å². The van der Waals surface area contributed by atoms with Crippen molar-refractivity contribution in [3.05, 3.63) is 143 Å². The van der Waals surface area contributed by atoms with Gasteiger partial charge in [0.2, 0.25) is 11.8 Å². The van der Waals surface area contributed by atoms with Crippen LogP contribution >= 0.6 is 0 Å². The number of carbonyl (C=O) groups is 4. The van der Waals surface area contributed by atoms with Gasteiger partial charge in [0, 0.05) is 50.4 Å². The Kier molecular flexibility index (Phi) is 13.6. The van der Waals surface area contributed by atoms with Crippen molar-refractivity contribution in [2.75, 3.05) is 39.3 Å². The Hall–Kier alpha value is -7.48. The van der Waals surface area contributed by atoms with E-state index in [1.807, 2.05) is 96.0 Å². The molecule has 6 heterocycles. The maximum absolute atomic E-state index is 14.4. The SMILES string of the molecule is CC1(O)CCN(C(=O)N[C@@H](C(=O)N2CCC[C@H]2c2ncc(C#Cc3ccc4cc(-c5cnc([C@@H]6CCCN6C(=O)[C@H](NC(=O)N6CCC(C)(O)CC6)c6ccccc6)[nH]5)ccc4c3)[nH]2)c2ccccc2)CC1. The minimum absolute atomic E-state index is 0.189. The highest BCUT2D eigenvalue weighted by atomic mass is 16.3. The fraction of sp³-hybridized carbons (Fsp3) is 0.393. The van der Waals surface area contributed by atoms with Crippen molar-refractivity contribution >= 4 is 34.6 Å². The topological polar surface area (TPSA) is 203 Å². The Labute approximate surface area is 419 Å². The van der Waals surface area contributed by atoms with Crippen LogP contribution in [-0.4, -0.2) is 124 Å². The summed E-state index contributed by atoms with van der Waals surface area (Å²) in [7, 11) is 0. The van der Waals surface area contributed by atoms with Crippen LogP contribution in [0.4, 0.5) is 9.59 Å². The van der Waals surface area contributed by atoms with E-state index in [9.17, 15) is 29.4 Å². The van der Waals surface area contributed by atoms with Gasteiger partial charge >= 0.3 is 12.1 Å². The number of urea groups is 2. The lowest BCUT2D eigenvalue weighted by Crippen LogP contribution is -2.51. The standard InChI is InChI=1S/C56H62N10O6/c1-55(71)23-29-63(30-24-55)53(69)61-47(38-11-5-3-6-12-38)51(67)65-27-9-15-45(65)49-57-35-43(59-49)22-18-37-17-19-41-34-42(21-20-40(41)33-37)44-36-58-50(60-44)46-16-10-28-66(46)52(68)48(39-13-7-4-8-14-39)62-54(70)64-31-25-56(2,72)26-32-64/h3-8,11-14,17,19-21,33-36,45-48,71-72H,9-10,15-16,23-32H2,1-2H3,(H,57,59)(H,58,60)(H,61,69)(H,62,70)/t45-,46-,47+,48+/m0/s1.